The van der Waals surface area contributed by atoms with E-state index in [-0.39, 0.29) is 23.8 Å². The van der Waals surface area contributed by atoms with Crippen LogP contribution >= 0.6 is 12.6 Å². The molecule has 0 saturated heterocycles. The van der Waals surface area contributed by atoms with Crippen molar-refractivity contribution in [1.82, 2.24) is 5.32 Å². The number of nitrogens with zero attached hydrogens (tertiary/aromatic N) is 1. The normalized spacial score (nSPS) is 9.40. The molecule has 0 unspecified atom stereocenters. The molecule has 1 amide bonds. The number of nitrogens with one attached hydrogen (secondary N) is 1. The van der Waals surface area contributed by atoms with Crippen molar-refractivity contribution in [1.29, 1.82) is 5.26 Å². The van der Waals surface area contributed by atoms with Crippen molar-refractivity contribution in [2.45, 2.75) is 6.54 Å². The standard InChI is InChI=1S/C10H9FN2OS/c11-9-3-7(4-12)1-2-8(9)5-13-10(14)6-15/h1-3,15H,5-6H2,(H,13,14). The second kappa shape index (κ2) is 5.37. The largest absolute Gasteiger partial charge is 0.351 e. The number of benzene rings is 1. The summed E-state index contributed by atoms with van der Waals surface area (Å²) in [4.78, 5) is 10.9. The van der Waals surface area contributed by atoms with Crippen LogP contribution in [0.3, 0.4) is 0 Å². The average molecular weight is 224 g/mol. The van der Waals surface area contributed by atoms with E-state index in [1.165, 1.54) is 12.1 Å². The van der Waals surface area contributed by atoms with Gasteiger partial charge in [-0.3, -0.25) is 4.79 Å². The van der Waals surface area contributed by atoms with E-state index in [9.17, 15) is 9.18 Å². The first-order valence-electron chi connectivity index (χ1n) is 4.23. The van der Waals surface area contributed by atoms with E-state index in [2.05, 4.69) is 17.9 Å². The monoisotopic (exact) mass is 224 g/mol. The van der Waals surface area contributed by atoms with E-state index in [0.29, 0.717) is 5.56 Å². The third-order valence-corrected chi connectivity index (χ3v) is 2.09. The Labute approximate surface area is 92.3 Å². The molecular formula is C10H9FN2OS. The van der Waals surface area contributed by atoms with Gasteiger partial charge in [0.15, 0.2) is 0 Å². The predicted octanol–water partition coefficient (Wildman–Crippen LogP) is 1.24. The Hall–Kier alpha value is -1.54. The lowest BCUT2D eigenvalue weighted by molar-refractivity contribution is -0.118. The fourth-order valence-electron chi connectivity index (χ4n) is 1.01. The summed E-state index contributed by atoms with van der Waals surface area (Å²) >= 11 is 3.77. The summed E-state index contributed by atoms with van der Waals surface area (Å²) in [6, 6.07) is 5.96. The molecule has 0 aliphatic rings. The Morgan fingerprint density at radius 1 is 1.60 bits per heavy atom. The molecule has 15 heavy (non-hydrogen) atoms. The minimum atomic E-state index is -0.492. The predicted molar refractivity (Wildman–Crippen MR) is 56.8 cm³/mol. The molecule has 1 rings (SSSR count). The second-order valence-electron chi connectivity index (χ2n) is 2.85. The number of rotatable bonds is 3. The van der Waals surface area contributed by atoms with Gasteiger partial charge in [-0.2, -0.15) is 17.9 Å². The number of thiol groups is 1. The molecule has 3 nitrogen and oxygen atoms in total. The maximum absolute atomic E-state index is 13.3. The SMILES string of the molecule is N#Cc1ccc(CNC(=O)CS)c(F)c1. The van der Waals surface area contributed by atoms with Crippen molar-refractivity contribution in [3.63, 3.8) is 0 Å². The van der Waals surface area contributed by atoms with E-state index in [1.54, 1.807) is 0 Å². The molecule has 1 aromatic rings. The van der Waals surface area contributed by atoms with Crippen LogP contribution in [0.15, 0.2) is 18.2 Å². The van der Waals surface area contributed by atoms with Crippen LogP contribution in [0.1, 0.15) is 11.1 Å². The van der Waals surface area contributed by atoms with Gasteiger partial charge >= 0.3 is 0 Å². The molecule has 0 aliphatic carbocycles. The number of hydrogen-bond donors (Lipinski definition) is 2. The fourth-order valence-corrected chi connectivity index (χ4v) is 1.12. The number of halogens is 1. The number of nitriles is 1. The van der Waals surface area contributed by atoms with Crippen molar-refractivity contribution >= 4 is 18.5 Å². The Morgan fingerprint density at radius 2 is 2.33 bits per heavy atom. The average Bonchev–Trinajstić information content (AvgIpc) is 2.26. The van der Waals surface area contributed by atoms with Crippen LogP contribution in [-0.2, 0) is 11.3 Å². The minimum absolute atomic E-state index is 0.0674. The molecule has 0 heterocycles. The van der Waals surface area contributed by atoms with Crippen LogP contribution in [0.5, 0.6) is 0 Å². The van der Waals surface area contributed by atoms with Gasteiger partial charge in [-0.05, 0) is 12.1 Å². The van der Waals surface area contributed by atoms with Crippen molar-refractivity contribution in [2.24, 2.45) is 0 Å². The second-order valence-corrected chi connectivity index (χ2v) is 3.17. The smallest absolute Gasteiger partial charge is 0.229 e. The zero-order valence-corrected chi connectivity index (χ0v) is 8.72. The van der Waals surface area contributed by atoms with E-state index < -0.39 is 5.82 Å². The Balaban J connectivity index is 2.71. The van der Waals surface area contributed by atoms with Crippen LogP contribution in [0.4, 0.5) is 4.39 Å². The zero-order chi connectivity index (χ0) is 11.3. The van der Waals surface area contributed by atoms with Crippen LogP contribution in [0.2, 0.25) is 0 Å². The summed E-state index contributed by atoms with van der Waals surface area (Å²) in [5.74, 6) is -0.687. The number of carbonyl (C=O) groups is 1. The lowest BCUT2D eigenvalue weighted by Gasteiger charge is -2.04. The van der Waals surface area contributed by atoms with E-state index >= 15 is 0 Å². The number of hydrogen-bond acceptors (Lipinski definition) is 3. The fraction of sp³-hybridized carbons (Fsp3) is 0.200. The van der Waals surface area contributed by atoms with Gasteiger partial charge in [-0.1, -0.05) is 6.07 Å². The van der Waals surface area contributed by atoms with Gasteiger partial charge < -0.3 is 5.32 Å². The third-order valence-electron chi connectivity index (χ3n) is 1.80. The molecule has 0 aliphatic heterocycles. The van der Waals surface area contributed by atoms with Gasteiger partial charge in [0.25, 0.3) is 0 Å². The van der Waals surface area contributed by atoms with Crippen LogP contribution < -0.4 is 5.32 Å². The quantitative estimate of drug-likeness (QED) is 0.759. The molecule has 5 heteroatoms. The van der Waals surface area contributed by atoms with Crippen LogP contribution in [0, 0.1) is 17.1 Å². The first-order valence-corrected chi connectivity index (χ1v) is 4.86. The Kier molecular flexibility index (Phi) is 4.13. The maximum Gasteiger partial charge on any atom is 0.229 e. The molecule has 1 aromatic carbocycles. The van der Waals surface area contributed by atoms with E-state index in [4.69, 9.17) is 5.26 Å². The van der Waals surface area contributed by atoms with Gasteiger partial charge in [0.2, 0.25) is 5.91 Å². The van der Waals surface area contributed by atoms with E-state index in [0.717, 1.165) is 6.07 Å². The topological polar surface area (TPSA) is 52.9 Å². The molecule has 0 bridgehead atoms. The highest BCUT2D eigenvalue weighted by molar-refractivity contribution is 7.81. The highest BCUT2D eigenvalue weighted by atomic mass is 32.1. The van der Waals surface area contributed by atoms with Crippen molar-refractivity contribution < 1.29 is 9.18 Å². The lowest BCUT2D eigenvalue weighted by atomic mass is 10.1. The first-order chi connectivity index (χ1) is 7.17. The summed E-state index contributed by atoms with van der Waals surface area (Å²) in [6.45, 7) is 0.108. The van der Waals surface area contributed by atoms with Gasteiger partial charge in [0.05, 0.1) is 17.4 Å². The summed E-state index contributed by atoms with van der Waals surface area (Å²) in [5, 5.41) is 11.0. The first kappa shape index (κ1) is 11.5. The van der Waals surface area contributed by atoms with Crippen molar-refractivity contribution in [3.8, 4) is 6.07 Å². The van der Waals surface area contributed by atoms with Gasteiger partial charge in [-0.15, -0.1) is 0 Å². The lowest BCUT2D eigenvalue weighted by Crippen LogP contribution is -2.24. The number of carbonyl (C=O) groups excluding carboxylic acids is 1. The van der Waals surface area contributed by atoms with Crippen LogP contribution in [0.25, 0.3) is 0 Å². The highest BCUT2D eigenvalue weighted by Gasteiger charge is 2.04. The maximum atomic E-state index is 13.3. The summed E-state index contributed by atoms with van der Waals surface area (Å²) in [7, 11) is 0. The summed E-state index contributed by atoms with van der Waals surface area (Å²) in [5.41, 5.74) is 0.612. The zero-order valence-electron chi connectivity index (χ0n) is 7.83. The van der Waals surface area contributed by atoms with Gasteiger partial charge in [0, 0.05) is 12.1 Å². The number of amides is 1. The Bertz CT molecular complexity index is 414. The molecule has 0 saturated carbocycles. The molecular weight excluding hydrogens is 215 g/mol. The van der Waals surface area contributed by atoms with Gasteiger partial charge in [-0.25, -0.2) is 4.39 Å². The van der Waals surface area contributed by atoms with Gasteiger partial charge in [0.1, 0.15) is 5.82 Å². The molecule has 0 radical (unpaired) electrons. The molecule has 78 valence electrons. The molecule has 0 aromatic heterocycles. The van der Waals surface area contributed by atoms with Crippen molar-refractivity contribution in [3.05, 3.63) is 35.1 Å². The Morgan fingerprint density at radius 3 is 2.87 bits per heavy atom. The summed E-state index contributed by atoms with van der Waals surface area (Å²) in [6.07, 6.45) is 0. The molecule has 1 N–H and O–H groups in total. The van der Waals surface area contributed by atoms with Crippen molar-refractivity contribution in [2.75, 3.05) is 5.75 Å². The molecule has 0 spiro atoms. The highest BCUT2D eigenvalue weighted by Crippen LogP contribution is 2.09. The van der Waals surface area contributed by atoms with E-state index in [1.807, 2.05) is 6.07 Å². The van der Waals surface area contributed by atoms with Crippen LogP contribution in [-0.4, -0.2) is 11.7 Å². The minimum Gasteiger partial charge on any atom is -0.351 e. The third kappa shape index (κ3) is 3.26. The molecule has 0 fully saturated rings. The summed E-state index contributed by atoms with van der Waals surface area (Å²) < 4.78 is 13.3. The molecule has 0 atom stereocenters.